The molecule has 2 rings (SSSR count). The summed E-state index contributed by atoms with van der Waals surface area (Å²) in [6.07, 6.45) is 0.464. The second-order valence-corrected chi connectivity index (χ2v) is 4.56. The minimum Gasteiger partial charge on any atom is -0.326 e. The molecule has 0 radical (unpaired) electrons. The van der Waals surface area contributed by atoms with Crippen molar-refractivity contribution in [3.8, 4) is 0 Å². The van der Waals surface area contributed by atoms with Crippen LogP contribution in [0.15, 0.2) is 30.3 Å². The van der Waals surface area contributed by atoms with Crippen LogP contribution in [0.4, 0.5) is 0 Å². The summed E-state index contributed by atoms with van der Waals surface area (Å²) in [7, 11) is 0. The number of carbonyl (C=O) groups excluding carboxylic acids is 2. The first kappa shape index (κ1) is 10.9. The lowest BCUT2D eigenvalue weighted by atomic mass is 10.00. The monoisotopic (exact) mass is 217 g/mol. The number of hydrogen-bond acceptors (Lipinski definition) is 2. The minimum absolute atomic E-state index is 0.0588. The molecule has 1 saturated heterocycles. The van der Waals surface area contributed by atoms with Crippen molar-refractivity contribution in [1.82, 2.24) is 4.90 Å². The largest absolute Gasteiger partial charge is 0.326 e. The Morgan fingerprint density at radius 3 is 2.38 bits per heavy atom. The highest BCUT2D eigenvalue weighted by molar-refractivity contribution is 6.01. The molecule has 0 saturated carbocycles. The maximum absolute atomic E-state index is 12.2. The van der Waals surface area contributed by atoms with Crippen LogP contribution in [0.5, 0.6) is 0 Å². The molecular formula is C13H15NO2. The van der Waals surface area contributed by atoms with Gasteiger partial charge in [0.25, 0.3) is 5.91 Å². The van der Waals surface area contributed by atoms with Gasteiger partial charge < -0.3 is 4.90 Å². The molecule has 1 aliphatic heterocycles. The molecule has 0 atom stereocenters. The number of hydrogen-bond donors (Lipinski definition) is 0. The van der Waals surface area contributed by atoms with Crippen LogP contribution in [-0.4, -0.2) is 28.7 Å². The van der Waals surface area contributed by atoms with Crippen molar-refractivity contribution in [2.45, 2.75) is 25.8 Å². The van der Waals surface area contributed by atoms with Crippen molar-refractivity contribution in [3.05, 3.63) is 35.9 Å². The molecule has 1 heterocycles. The SMILES string of the molecule is CC1(C)C(=O)CCN1C(=O)c1ccccc1. The molecule has 0 unspecified atom stereocenters. The summed E-state index contributed by atoms with van der Waals surface area (Å²) in [5.41, 5.74) is -0.0160. The highest BCUT2D eigenvalue weighted by atomic mass is 16.2. The lowest BCUT2D eigenvalue weighted by Crippen LogP contribution is -2.46. The Hall–Kier alpha value is -1.64. The first-order chi connectivity index (χ1) is 7.53. The van der Waals surface area contributed by atoms with Crippen molar-refractivity contribution in [2.24, 2.45) is 0 Å². The molecule has 1 aromatic rings. The van der Waals surface area contributed by atoms with Crippen molar-refractivity contribution in [3.63, 3.8) is 0 Å². The highest BCUT2D eigenvalue weighted by Gasteiger charge is 2.42. The van der Waals surface area contributed by atoms with E-state index in [4.69, 9.17) is 0 Å². The molecule has 0 N–H and O–H groups in total. The van der Waals surface area contributed by atoms with Gasteiger partial charge in [0, 0.05) is 18.5 Å². The summed E-state index contributed by atoms with van der Waals surface area (Å²) in [6, 6.07) is 9.09. The predicted octanol–water partition coefficient (Wildman–Crippen LogP) is 1.88. The van der Waals surface area contributed by atoms with E-state index < -0.39 is 5.54 Å². The van der Waals surface area contributed by atoms with Gasteiger partial charge in [-0.1, -0.05) is 18.2 Å². The Morgan fingerprint density at radius 2 is 1.88 bits per heavy atom. The van der Waals surface area contributed by atoms with Gasteiger partial charge in [-0.15, -0.1) is 0 Å². The molecule has 1 amide bonds. The van der Waals surface area contributed by atoms with Crippen LogP contribution in [0, 0.1) is 0 Å². The maximum atomic E-state index is 12.2. The molecule has 16 heavy (non-hydrogen) atoms. The van der Waals surface area contributed by atoms with Crippen LogP contribution in [0.3, 0.4) is 0 Å². The average molecular weight is 217 g/mol. The third kappa shape index (κ3) is 1.62. The van der Waals surface area contributed by atoms with Gasteiger partial charge in [0.15, 0.2) is 5.78 Å². The van der Waals surface area contributed by atoms with Crippen LogP contribution in [0.2, 0.25) is 0 Å². The van der Waals surface area contributed by atoms with E-state index in [-0.39, 0.29) is 11.7 Å². The van der Waals surface area contributed by atoms with E-state index in [0.29, 0.717) is 18.5 Å². The van der Waals surface area contributed by atoms with E-state index in [2.05, 4.69) is 0 Å². The van der Waals surface area contributed by atoms with Gasteiger partial charge in [0.1, 0.15) is 0 Å². The van der Waals surface area contributed by atoms with Crippen LogP contribution < -0.4 is 0 Å². The Bertz CT molecular complexity index is 423. The molecule has 1 fully saturated rings. The fourth-order valence-corrected chi connectivity index (χ4v) is 2.04. The van der Waals surface area contributed by atoms with Gasteiger partial charge in [-0.25, -0.2) is 0 Å². The van der Waals surface area contributed by atoms with E-state index in [9.17, 15) is 9.59 Å². The topological polar surface area (TPSA) is 37.4 Å². The molecule has 3 nitrogen and oxygen atoms in total. The van der Waals surface area contributed by atoms with Crippen molar-refractivity contribution in [1.29, 1.82) is 0 Å². The third-order valence-corrected chi connectivity index (χ3v) is 3.19. The predicted molar refractivity (Wildman–Crippen MR) is 61.2 cm³/mol. The number of amides is 1. The van der Waals surface area contributed by atoms with E-state index >= 15 is 0 Å². The lowest BCUT2D eigenvalue weighted by Gasteiger charge is -2.30. The number of Topliss-reactive ketones (excluding diaryl/α,β-unsaturated/α-hetero) is 1. The first-order valence-electron chi connectivity index (χ1n) is 5.44. The summed E-state index contributed by atoms with van der Waals surface area (Å²) in [4.78, 5) is 25.5. The maximum Gasteiger partial charge on any atom is 0.254 e. The third-order valence-electron chi connectivity index (χ3n) is 3.19. The molecule has 0 bridgehead atoms. The van der Waals surface area contributed by atoms with Crippen LogP contribution in [0.1, 0.15) is 30.6 Å². The summed E-state index contributed by atoms with van der Waals surface area (Å²) < 4.78 is 0. The first-order valence-corrected chi connectivity index (χ1v) is 5.44. The van der Waals surface area contributed by atoms with Gasteiger partial charge in [0.2, 0.25) is 0 Å². The molecule has 1 aromatic carbocycles. The van der Waals surface area contributed by atoms with Crippen molar-refractivity contribution in [2.75, 3.05) is 6.54 Å². The molecular weight excluding hydrogens is 202 g/mol. The Morgan fingerprint density at radius 1 is 1.25 bits per heavy atom. The molecule has 84 valence electrons. The summed E-state index contributed by atoms with van der Waals surface area (Å²) in [5.74, 6) is 0.0771. The fraction of sp³-hybridized carbons (Fsp3) is 0.385. The smallest absolute Gasteiger partial charge is 0.254 e. The molecule has 0 spiro atoms. The van der Waals surface area contributed by atoms with E-state index in [0.717, 1.165) is 0 Å². The summed E-state index contributed by atoms with van der Waals surface area (Å²) >= 11 is 0. The number of likely N-dealkylation sites (tertiary alicyclic amines) is 1. The van der Waals surface area contributed by atoms with Gasteiger partial charge in [-0.3, -0.25) is 9.59 Å². The standard InChI is InChI=1S/C13H15NO2/c1-13(2)11(15)8-9-14(13)12(16)10-6-4-3-5-7-10/h3-7H,8-9H2,1-2H3. The second-order valence-electron chi connectivity index (χ2n) is 4.56. The van der Waals surface area contributed by atoms with E-state index in [1.165, 1.54) is 0 Å². The van der Waals surface area contributed by atoms with Crippen LogP contribution in [0.25, 0.3) is 0 Å². The van der Waals surface area contributed by atoms with E-state index in [1.807, 2.05) is 32.0 Å². The fourth-order valence-electron chi connectivity index (χ4n) is 2.04. The quantitative estimate of drug-likeness (QED) is 0.720. The Kier molecular flexibility index (Phi) is 2.54. The number of nitrogens with zero attached hydrogens (tertiary/aromatic N) is 1. The zero-order chi connectivity index (χ0) is 11.8. The van der Waals surface area contributed by atoms with Gasteiger partial charge in [-0.05, 0) is 26.0 Å². The molecule has 3 heteroatoms. The van der Waals surface area contributed by atoms with Gasteiger partial charge >= 0.3 is 0 Å². The van der Waals surface area contributed by atoms with Gasteiger partial charge in [-0.2, -0.15) is 0 Å². The van der Waals surface area contributed by atoms with Gasteiger partial charge in [0.05, 0.1) is 5.54 Å². The zero-order valence-electron chi connectivity index (χ0n) is 9.56. The minimum atomic E-state index is -0.660. The molecule has 0 aromatic heterocycles. The number of rotatable bonds is 1. The van der Waals surface area contributed by atoms with Crippen LogP contribution >= 0.6 is 0 Å². The Balaban J connectivity index is 2.28. The number of ketones is 1. The summed E-state index contributed by atoms with van der Waals surface area (Å²) in [5, 5.41) is 0. The number of benzene rings is 1. The lowest BCUT2D eigenvalue weighted by molar-refractivity contribution is -0.123. The van der Waals surface area contributed by atoms with Crippen LogP contribution in [-0.2, 0) is 4.79 Å². The molecule has 1 aliphatic rings. The van der Waals surface area contributed by atoms with Crippen molar-refractivity contribution >= 4 is 11.7 Å². The molecule has 0 aliphatic carbocycles. The normalized spacial score (nSPS) is 18.9. The van der Waals surface area contributed by atoms with E-state index in [1.54, 1.807) is 17.0 Å². The average Bonchev–Trinajstić information content (AvgIpc) is 2.54. The summed E-state index contributed by atoms with van der Waals surface area (Å²) in [6.45, 7) is 4.14. The zero-order valence-corrected chi connectivity index (χ0v) is 9.56. The second kappa shape index (κ2) is 3.74. The highest BCUT2D eigenvalue weighted by Crippen LogP contribution is 2.26. The van der Waals surface area contributed by atoms with Crippen molar-refractivity contribution < 1.29 is 9.59 Å². The number of carbonyl (C=O) groups is 2. The Labute approximate surface area is 95.1 Å².